The maximum Gasteiger partial charge on any atom is 0.138 e. The molecule has 0 heterocycles. The van der Waals surface area contributed by atoms with Crippen molar-refractivity contribution >= 4 is 0 Å². The third-order valence-corrected chi connectivity index (χ3v) is 2.44. The number of hydrogen-bond acceptors (Lipinski definition) is 2. The fourth-order valence-electron chi connectivity index (χ4n) is 1.40. The largest absolute Gasteiger partial charge is 0.384 e. The third-order valence-electron chi connectivity index (χ3n) is 2.44. The van der Waals surface area contributed by atoms with E-state index >= 15 is 0 Å². The molecule has 1 aromatic carbocycles. The highest BCUT2D eigenvalue weighted by atomic mass is 19.1. The standard InChI is InChI=1S/C15H19FO2/c1-12(2)7-9-18-11-13-5-6-15(16)14(10-13)4-3-8-17/h5-6,10,12,17H,7-9,11H2,1-2H3. The monoisotopic (exact) mass is 250 g/mol. The first-order valence-corrected chi connectivity index (χ1v) is 6.09. The van der Waals surface area contributed by atoms with E-state index in [0.29, 0.717) is 24.7 Å². The summed E-state index contributed by atoms with van der Waals surface area (Å²) in [6, 6.07) is 4.73. The quantitative estimate of drug-likeness (QED) is 0.643. The number of aliphatic hydroxyl groups excluding tert-OH is 1. The average molecular weight is 250 g/mol. The highest BCUT2D eigenvalue weighted by Gasteiger charge is 2.02. The number of hydrogen-bond donors (Lipinski definition) is 1. The van der Waals surface area contributed by atoms with Gasteiger partial charge in [0.15, 0.2) is 0 Å². The van der Waals surface area contributed by atoms with Gasteiger partial charge in [-0.1, -0.05) is 31.8 Å². The molecule has 0 aliphatic carbocycles. The molecule has 0 aliphatic heterocycles. The molecule has 1 rings (SSSR count). The van der Waals surface area contributed by atoms with Gasteiger partial charge in [0, 0.05) is 6.61 Å². The van der Waals surface area contributed by atoms with E-state index in [1.807, 2.05) is 0 Å². The van der Waals surface area contributed by atoms with Gasteiger partial charge in [-0.15, -0.1) is 0 Å². The Kier molecular flexibility index (Phi) is 6.42. The van der Waals surface area contributed by atoms with Crippen molar-refractivity contribution in [2.45, 2.75) is 26.9 Å². The average Bonchev–Trinajstić information content (AvgIpc) is 2.34. The number of ether oxygens (including phenoxy) is 1. The Morgan fingerprint density at radius 1 is 1.39 bits per heavy atom. The van der Waals surface area contributed by atoms with Crippen LogP contribution in [0.3, 0.4) is 0 Å². The normalized spacial score (nSPS) is 10.3. The molecule has 0 atom stereocenters. The molecule has 3 heteroatoms. The Bertz CT molecular complexity index is 430. The van der Waals surface area contributed by atoms with Gasteiger partial charge in [0.1, 0.15) is 12.4 Å². The number of halogens is 1. The predicted molar refractivity (Wildman–Crippen MR) is 69.5 cm³/mol. The van der Waals surface area contributed by atoms with Gasteiger partial charge in [-0.05, 0) is 30.0 Å². The van der Waals surface area contributed by atoms with E-state index in [9.17, 15) is 4.39 Å². The zero-order valence-electron chi connectivity index (χ0n) is 10.9. The molecule has 0 saturated heterocycles. The third kappa shape index (κ3) is 5.31. The molecule has 0 saturated carbocycles. The minimum absolute atomic E-state index is 0.269. The first-order chi connectivity index (χ1) is 8.63. The lowest BCUT2D eigenvalue weighted by Crippen LogP contribution is -2.00. The second-order valence-electron chi connectivity index (χ2n) is 4.51. The summed E-state index contributed by atoms with van der Waals surface area (Å²) in [6.45, 7) is 5.18. The van der Waals surface area contributed by atoms with Crippen LogP contribution in [0.5, 0.6) is 0 Å². The SMILES string of the molecule is CC(C)CCOCc1ccc(F)c(C#CCO)c1. The van der Waals surface area contributed by atoms with Crippen molar-refractivity contribution in [2.24, 2.45) is 5.92 Å². The van der Waals surface area contributed by atoms with Crippen molar-refractivity contribution in [2.75, 3.05) is 13.2 Å². The van der Waals surface area contributed by atoms with Crippen LogP contribution < -0.4 is 0 Å². The second kappa shape index (κ2) is 7.86. The maximum atomic E-state index is 13.4. The summed E-state index contributed by atoms with van der Waals surface area (Å²) in [5.74, 6) is 5.26. The first kappa shape index (κ1) is 14.7. The molecular formula is C15H19FO2. The Hall–Kier alpha value is -1.37. The van der Waals surface area contributed by atoms with E-state index in [-0.39, 0.29) is 12.4 Å². The van der Waals surface area contributed by atoms with Gasteiger partial charge >= 0.3 is 0 Å². The smallest absolute Gasteiger partial charge is 0.138 e. The maximum absolute atomic E-state index is 13.4. The summed E-state index contributed by atoms with van der Waals surface area (Å²) in [5, 5.41) is 8.59. The Balaban J connectivity index is 2.56. The van der Waals surface area contributed by atoms with Crippen LogP contribution in [0, 0.1) is 23.6 Å². The van der Waals surface area contributed by atoms with E-state index < -0.39 is 0 Å². The first-order valence-electron chi connectivity index (χ1n) is 6.09. The van der Waals surface area contributed by atoms with Gasteiger partial charge in [0.2, 0.25) is 0 Å². The van der Waals surface area contributed by atoms with Gasteiger partial charge in [-0.25, -0.2) is 4.39 Å². The summed E-state index contributed by atoms with van der Waals surface area (Å²) in [5.41, 5.74) is 1.19. The van der Waals surface area contributed by atoms with Crippen molar-refractivity contribution in [3.63, 3.8) is 0 Å². The molecule has 0 bridgehead atoms. The summed E-state index contributed by atoms with van der Waals surface area (Å²) >= 11 is 0. The molecule has 1 aromatic rings. The lowest BCUT2D eigenvalue weighted by molar-refractivity contribution is 0.110. The fraction of sp³-hybridized carbons (Fsp3) is 0.467. The predicted octanol–water partition coefficient (Wildman–Crippen LogP) is 2.73. The van der Waals surface area contributed by atoms with Crippen LogP contribution in [0.2, 0.25) is 0 Å². The molecule has 0 amide bonds. The van der Waals surface area contributed by atoms with Gasteiger partial charge in [-0.2, -0.15) is 0 Å². The number of rotatable bonds is 5. The molecule has 18 heavy (non-hydrogen) atoms. The Labute approximate surface area is 108 Å². The molecule has 1 N–H and O–H groups in total. The van der Waals surface area contributed by atoms with Gasteiger partial charge in [0.25, 0.3) is 0 Å². The van der Waals surface area contributed by atoms with Crippen molar-refractivity contribution in [3.8, 4) is 11.8 Å². The van der Waals surface area contributed by atoms with Crippen LogP contribution in [0.15, 0.2) is 18.2 Å². The van der Waals surface area contributed by atoms with Gasteiger partial charge in [0.05, 0.1) is 12.2 Å². The van der Waals surface area contributed by atoms with Gasteiger partial charge < -0.3 is 9.84 Å². The molecule has 0 aromatic heterocycles. The van der Waals surface area contributed by atoms with Crippen LogP contribution in [-0.2, 0) is 11.3 Å². The van der Waals surface area contributed by atoms with E-state index in [1.54, 1.807) is 12.1 Å². The highest BCUT2D eigenvalue weighted by Crippen LogP contribution is 2.11. The van der Waals surface area contributed by atoms with E-state index in [2.05, 4.69) is 25.7 Å². The summed E-state index contributed by atoms with van der Waals surface area (Å²) in [6.07, 6.45) is 1.01. The number of aliphatic hydroxyl groups is 1. The molecular weight excluding hydrogens is 231 g/mol. The fourth-order valence-corrected chi connectivity index (χ4v) is 1.40. The van der Waals surface area contributed by atoms with Crippen molar-refractivity contribution < 1.29 is 14.2 Å². The van der Waals surface area contributed by atoms with E-state index in [1.165, 1.54) is 6.07 Å². The lowest BCUT2D eigenvalue weighted by atomic mass is 10.1. The summed E-state index contributed by atoms with van der Waals surface area (Å²) in [4.78, 5) is 0. The van der Waals surface area contributed by atoms with E-state index in [0.717, 1.165) is 12.0 Å². The van der Waals surface area contributed by atoms with Crippen molar-refractivity contribution in [1.29, 1.82) is 0 Å². The number of benzene rings is 1. The minimum Gasteiger partial charge on any atom is -0.384 e. The lowest BCUT2D eigenvalue weighted by Gasteiger charge is -2.07. The van der Waals surface area contributed by atoms with Crippen LogP contribution in [0.25, 0.3) is 0 Å². The molecule has 0 unspecified atom stereocenters. The molecule has 0 spiro atoms. The molecule has 2 nitrogen and oxygen atoms in total. The molecule has 98 valence electrons. The summed E-state index contributed by atoms with van der Waals surface area (Å²) < 4.78 is 18.9. The molecule has 0 radical (unpaired) electrons. The Morgan fingerprint density at radius 3 is 2.83 bits per heavy atom. The zero-order valence-corrected chi connectivity index (χ0v) is 10.9. The molecule has 0 fully saturated rings. The van der Waals surface area contributed by atoms with Crippen LogP contribution >= 0.6 is 0 Å². The second-order valence-corrected chi connectivity index (χ2v) is 4.51. The van der Waals surface area contributed by atoms with Crippen LogP contribution in [0.1, 0.15) is 31.4 Å². The van der Waals surface area contributed by atoms with E-state index in [4.69, 9.17) is 9.84 Å². The van der Waals surface area contributed by atoms with Crippen molar-refractivity contribution in [1.82, 2.24) is 0 Å². The van der Waals surface area contributed by atoms with Crippen molar-refractivity contribution in [3.05, 3.63) is 35.1 Å². The minimum atomic E-state index is -0.373. The van der Waals surface area contributed by atoms with Gasteiger partial charge in [-0.3, -0.25) is 0 Å². The zero-order chi connectivity index (χ0) is 13.4. The summed E-state index contributed by atoms with van der Waals surface area (Å²) in [7, 11) is 0. The topological polar surface area (TPSA) is 29.5 Å². The molecule has 0 aliphatic rings. The highest BCUT2D eigenvalue weighted by molar-refractivity contribution is 5.38. The van der Waals surface area contributed by atoms with Crippen LogP contribution in [-0.4, -0.2) is 18.3 Å². The van der Waals surface area contributed by atoms with Crippen LogP contribution in [0.4, 0.5) is 4.39 Å². The Morgan fingerprint density at radius 2 is 2.17 bits per heavy atom.